The van der Waals surface area contributed by atoms with Crippen LogP contribution >= 0.6 is 11.3 Å². The summed E-state index contributed by atoms with van der Waals surface area (Å²) in [5.41, 5.74) is 3.95. The molecule has 0 spiro atoms. The van der Waals surface area contributed by atoms with Crippen molar-refractivity contribution in [1.29, 1.82) is 0 Å². The van der Waals surface area contributed by atoms with Crippen molar-refractivity contribution in [2.24, 2.45) is 0 Å². The van der Waals surface area contributed by atoms with Crippen LogP contribution in [0.2, 0.25) is 0 Å². The van der Waals surface area contributed by atoms with Gasteiger partial charge >= 0.3 is 0 Å². The number of nitrogens with zero attached hydrogens (tertiary/aromatic N) is 6. The number of carbonyl (C=O) groups excluding carboxylic acids is 1. The largest absolute Gasteiger partial charge is 0.354 e. The Labute approximate surface area is 183 Å². The summed E-state index contributed by atoms with van der Waals surface area (Å²) >= 11 is 1.54. The van der Waals surface area contributed by atoms with Gasteiger partial charge in [0.15, 0.2) is 0 Å². The second-order valence-electron chi connectivity index (χ2n) is 7.47. The Morgan fingerprint density at radius 1 is 1.06 bits per heavy atom. The van der Waals surface area contributed by atoms with Crippen LogP contribution in [0.25, 0.3) is 21.5 Å². The standard InChI is InChI=1S/C22H21N7OS/c1-28-6-8-29(9-7-28)21-10-15(4-5-24-21)22(30)27-20-11-18-16(12-25-20)2-3-17(26-18)19-13-23-14-31-19/h2-5,10-14H,6-9H2,1H3,(H,25,27,30). The molecule has 8 nitrogen and oxygen atoms in total. The Hall–Kier alpha value is -3.43. The second kappa shape index (κ2) is 8.37. The summed E-state index contributed by atoms with van der Waals surface area (Å²) in [4.78, 5) is 36.0. The van der Waals surface area contributed by atoms with Crippen molar-refractivity contribution in [1.82, 2.24) is 24.8 Å². The smallest absolute Gasteiger partial charge is 0.257 e. The van der Waals surface area contributed by atoms with Gasteiger partial charge in [-0.2, -0.15) is 0 Å². The van der Waals surface area contributed by atoms with Crippen molar-refractivity contribution < 1.29 is 4.79 Å². The van der Waals surface area contributed by atoms with E-state index in [0.29, 0.717) is 11.4 Å². The normalized spacial score (nSPS) is 14.7. The van der Waals surface area contributed by atoms with Crippen molar-refractivity contribution in [3.8, 4) is 10.6 Å². The fourth-order valence-corrected chi connectivity index (χ4v) is 4.11. The fraction of sp³-hybridized carbons (Fsp3) is 0.227. The van der Waals surface area contributed by atoms with Crippen LogP contribution in [0.5, 0.6) is 0 Å². The van der Waals surface area contributed by atoms with E-state index in [9.17, 15) is 4.79 Å². The lowest BCUT2D eigenvalue weighted by molar-refractivity contribution is 0.102. The van der Waals surface area contributed by atoms with E-state index in [1.54, 1.807) is 36.2 Å². The molecule has 0 bridgehead atoms. The molecular formula is C22H21N7OS. The van der Waals surface area contributed by atoms with Crippen molar-refractivity contribution >= 4 is 39.8 Å². The number of anilines is 2. The molecular weight excluding hydrogens is 410 g/mol. The number of hydrogen-bond acceptors (Lipinski definition) is 8. The molecule has 9 heteroatoms. The van der Waals surface area contributed by atoms with Gasteiger partial charge in [-0.3, -0.25) is 9.78 Å². The number of thiazole rings is 1. The number of nitrogens with one attached hydrogen (secondary N) is 1. The quantitative estimate of drug-likeness (QED) is 0.531. The zero-order valence-electron chi connectivity index (χ0n) is 17.0. The monoisotopic (exact) mass is 431 g/mol. The van der Waals surface area contributed by atoms with Crippen LogP contribution in [-0.4, -0.2) is 64.0 Å². The maximum Gasteiger partial charge on any atom is 0.257 e. The number of pyridine rings is 3. The highest BCUT2D eigenvalue weighted by molar-refractivity contribution is 7.13. The highest BCUT2D eigenvalue weighted by atomic mass is 32.1. The predicted octanol–water partition coefficient (Wildman–Crippen LogP) is 3.15. The number of aromatic nitrogens is 4. The molecule has 4 aromatic rings. The molecule has 0 aromatic carbocycles. The van der Waals surface area contributed by atoms with Gasteiger partial charge < -0.3 is 15.1 Å². The van der Waals surface area contributed by atoms with E-state index in [1.165, 1.54) is 11.3 Å². The van der Waals surface area contributed by atoms with Crippen molar-refractivity contribution in [2.75, 3.05) is 43.4 Å². The van der Waals surface area contributed by atoms with Crippen LogP contribution in [0.1, 0.15) is 10.4 Å². The van der Waals surface area contributed by atoms with E-state index in [1.807, 2.05) is 18.2 Å². The third-order valence-corrected chi connectivity index (χ3v) is 6.13. The van der Waals surface area contributed by atoms with Gasteiger partial charge in [0.2, 0.25) is 0 Å². The average molecular weight is 432 g/mol. The number of likely N-dealkylation sites (N-methyl/N-ethyl adjacent to an activating group) is 1. The Kier molecular flexibility index (Phi) is 5.27. The van der Waals surface area contributed by atoms with Gasteiger partial charge in [0, 0.05) is 61.8 Å². The number of carbonyl (C=O) groups is 1. The Bertz CT molecular complexity index is 1220. The molecule has 1 aliphatic heterocycles. The van der Waals surface area contributed by atoms with Crippen LogP contribution in [0.15, 0.2) is 54.4 Å². The lowest BCUT2D eigenvalue weighted by Gasteiger charge is -2.33. The molecule has 31 heavy (non-hydrogen) atoms. The minimum absolute atomic E-state index is 0.219. The Balaban J connectivity index is 1.35. The van der Waals surface area contributed by atoms with Crippen LogP contribution < -0.4 is 10.2 Å². The molecule has 1 saturated heterocycles. The van der Waals surface area contributed by atoms with E-state index in [4.69, 9.17) is 4.98 Å². The van der Waals surface area contributed by atoms with Crippen molar-refractivity contribution in [3.05, 3.63) is 60.0 Å². The summed E-state index contributed by atoms with van der Waals surface area (Å²) in [5, 5.41) is 3.80. The minimum atomic E-state index is -0.219. The van der Waals surface area contributed by atoms with E-state index < -0.39 is 0 Å². The van der Waals surface area contributed by atoms with Gasteiger partial charge in [-0.05, 0) is 31.3 Å². The summed E-state index contributed by atoms with van der Waals surface area (Å²) < 4.78 is 0. The number of piperazine rings is 1. The summed E-state index contributed by atoms with van der Waals surface area (Å²) in [5.74, 6) is 1.07. The number of amides is 1. The van der Waals surface area contributed by atoms with Crippen LogP contribution in [-0.2, 0) is 0 Å². The molecule has 0 unspecified atom stereocenters. The summed E-state index contributed by atoms with van der Waals surface area (Å²) in [7, 11) is 2.11. The number of hydrogen-bond donors (Lipinski definition) is 1. The highest BCUT2D eigenvalue weighted by Crippen LogP contribution is 2.24. The van der Waals surface area contributed by atoms with E-state index >= 15 is 0 Å². The van der Waals surface area contributed by atoms with Crippen molar-refractivity contribution in [3.63, 3.8) is 0 Å². The zero-order valence-corrected chi connectivity index (χ0v) is 17.8. The molecule has 4 aromatic heterocycles. The predicted molar refractivity (Wildman–Crippen MR) is 123 cm³/mol. The van der Waals surface area contributed by atoms with Gasteiger partial charge in [-0.25, -0.2) is 15.0 Å². The maximum absolute atomic E-state index is 12.9. The Morgan fingerprint density at radius 3 is 2.74 bits per heavy atom. The molecule has 0 radical (unpaired) electrons. The number of rotatable bonds is 4. The SMILES string of the molecule is CN1CCN(c2cc(C(=O)Nc3cc4nc(-c5cncs5)ccc4cn3)ccn2)CC1. The van der Waals surface area contributed by atoms with Gasteiger partial charge in [0.05, 0.1) is 21.6 Å². The molecule has 156 valence electrons. The second-order valence-corrected chi connectivity index (χ2v) is 8.36. The third kappa shape index (κ3) is 4.23. The molecule has 0 aliphatic carbocycles. The van der Waals surface area contributed by atoms with Crippen LogP contribution in [0.3, 0.4) is 0 Å². The molecule has 0 atom stereocenters. The van der Waals surface area contributed by atoms with Crippen molar-refractivity contribution in [2.45, 2.75) is 0 Å². The van der Waals surface area contributed by atoms with E-state index in [0.717, 1.165) is 53.5 Å². The maximum atomic E-state index is 12.9. The Morgan fingerprint density at radius 2 is 1.94 bits per heavy atom. The summed E-state index contributed by atoms with van der Waals surface area (Å²) in [6, 6.07) is 9.27. The minimum Gasteiger partial charge on any atom is -0.354 e. The van der Waals surface area contributed by atoms with Crippen LogP contribution in [0, 0.1) is 0 Å². The zero-order chi connectivity index (χ0) is 21.2. The van der Waals surface area contributed by atoms with Gasteiger partial charge in [-0.1, -0.05) is 0 Å². The molecule has 1 aliphatic rings. The molecule has 1 fully saturated rings. The van der Waals surface area contributed by atoms with Gasteiger partial charge in [-0.15, -0.1) is 11.3 Å². The van der Waals surface area contributed by atoms with E-state index in [-0.39, 0.29) is 5.91 Å². The summed E-state index contributed by atoms with van der Waals surface area (Å²) in [6.45, 7) is 3.76. The first-order valence-electron chi connectivity index (χ1n) is 10.0. The van der Waals surface area contributed by atoms with Crippen LogP contribution in [0.4, 0.5) is 11.6 Å². The van der Waals surface area contributed by atoms with E-state index in [2.05, 4.69) is 37.1 Å². The number of fused-ring (bicyclic) bond motifs is 1. The molecule has 5 rings (SSSR count). The first-order chi connectivity index (χ1) is 15.2. The lowest BCUT2D eigenvalue weighted by atomic mass is 10.2. The molecule has 5 heterocycles. The summed E-state index contributed by atoms with van der Waals surface area (Å²) in [6.07, 6.45) is 5.19. The molecule has 0 saturated carbocycles. The lowest BCUT2D eigenvalue weighted by Crippen LogP contribution is -2.44. The highest BCUT2D eigenvalue weighted by Gasteiger charge is 2.17. The third-order valence-electron chi connectivity index (χ3n) is 5.33. The molecule has 1 amide bonds. The fourth-order valence-electron chi connectivity index (χ4n) is 3.52. The first-order valence-corrected chi connectivity index (χ1v) is 10.9. The molecule has 1 N–H and O–H groups in total. The van der Waals surface area contributed by atoms with Gasteiger partial charge in [0.1, 0.15) is 11.6 Å². The average Bonchev–Trinajstić information content (AvgIpc) is 3.34. The first kappa shape index (κ1) is 19.5. The van der Waals surface area contributed by atoms with Gasteiger partial charge in [0.25, 0.3) is 5.91 Å². The topological polar surface area (TPSA) is 87.1 Å².